The number of hydrogen-bond donors (Lipinski definition) is 1. The van der Waals surface area contributed by atoms with Crippen molar-refractivity contribution in [3.63, 3.8) is 0 Å². The second-order valence-corrected chi connectivity index (χ2v) is 7.19. The number of nitrogens with one attached hydrogen (secondary N) is 1. The van der Waals surface area contributed by atoms with Gasteiger partial charge < -0.3 is 19.4 Å². The van der Waals surface area contributed by atoms with Gasteiger partial charge in [-0.2, -0.15) is 0 Å². The Hall–Kier alpha value is -4.06. The van der Waals surface area contributed by atoms with Crippen molar-refractivity contribution in [3.05, 3.63) is 95.9 Å². The van der Waals surface area contributed by atoms with E-state index in [-0.39, 0.29) is 11.7 Å². The average molecular weight is 414 g/mol. The molecule has 4 rings (SSSR count). The van der Waals surface area contributed by atoms with E-state index in [0.717, 1.165) is 22.1 Å². The number of para-hydroxylation sites is 1. The molecule has 1 heterocycles. The lowest BCUT2D eigenvalue weighted by molar-refractivity contribution is 0.0786. The quantitative estimate of drug-likeness (QED) is 0.484. The average Bonchev–Trinajstić information content (AvgIpc) is 3.34. The third kappa shape index (κ3) is 4.43. The lowest BCUT2D eigenvalue weighted by Gasteiger charge is -2.19. The Balaban J connectivity index is 1.52. The van der Waals surface area contributed by atoms with Crippen molar-refractivity contribution in [1.82, 2.24) is 4.90 Å². The molecule has 3 aromatic carbocycles. The van der Waals surface area contributed by atoms with Crippen molar-refractivity contribution >= 4 is 28.3 Å². The van der Waals surface area contributed by atoms with Gasteiger partial charge in [-0.1, -0.05) is 30.3 Å². The number of furan rings is 1. The normalized spacial score (nSPS) is 10.6. The van der Waals surface area contributed by atoms with Gasteiger partial charge in [0.2, 0.25) is 0 Å². The highest BCUT2D eigenvalue weighted by atomic mass is 16.5. The lowest BCUT2D eigenvalue weighted by atomic mass is 10.1. The first kappa shape index (κ1) is 20.2. The zero-order valence-electron chi connectivity index (χ0n) is 17.3. The molecule has 0 unspecified atom stereocenters. The number of amides is 2. The first-order chi connectivity index (χ1) is 15.0. The predicted octanol–water partition coefficient (Wildman–Crippen LogP) is 4.97. The minimum atomic E-state index is -0.405. The molecule has 0 aliphatic rings. The zero-order chi connectivity index (χ0) is 21.8. The van der Waals surface area contributed by atoms with Crippen LogP contribution in [0.5, 0.6) is 5.75 Å². The molecular weight excluding hydrogens is 392 g/mol. The van der Waals surface area contributed by atoms with Crippen LogP contribution in [0.4, 0.5) is 5.69 Å². The summed E-state index contributed by atoms with van der Waals surface area (Å²) in [5.74, 6) is 0.396. The summed E-state index contributed by atoms with van der Waals surface area (Å²) in [6, 6.07) is 22.1. The minimum Gasteiger partial charge on any atom is -0.497 e. The molecule has 156 valence electrons. The maximum absolute atomic E-state index is 13.1. The largest absolute Gasteiger partial charge is 0.497 e. The summed E-state index contributed by atoms with van der Waals surface area (Å²) in [5, 5.41) is 4.90. The number of rotatable bonds is 6. The van der Waals surface area contributed by atoms with E-state index < -0.39 is 5.91 Å². The van der Waals surface area contributed by atoms with Gasteiger partial charge >= 0.3 is 0 Å². The summed E-state index contributed by atoms with van der Waals surface area (Å²) in [4.78, 5) is 27.1. The molecule has 4 aromatic rings. The van der Waals surface area contributed by atoms with E-state index in [9.17, 15) is 9.59 Å². The van der Waals surface area contributed by atoms with Gasteiger partial charge in [-0.15, -0.1) is 0 Å². The molecule has 1 aromatic heterocycles. The van der Waals surface area contributed by atoms with Crippen LogP contribution in [0.2, 0.25) is 0 Å². The Bertz CT molecular complexity index is 1230. The summed E-state index contributed by atoms with van der Waals surface area (Å²) < 4.78 is 10.4. The van der Waals surface area contributed by atoms with Crippen LogP contribution in [0.1, 0.15) is 26.5 Å². The van der Waals surface area contributed by atoms with E-state index in [0.29, 0.717) is 17.8 Å². The van der Waals surface area contributed by atoms with Crippen LogP contribution in [0.25, 0.3) is 10.8 Å². The second-order valence-electron chi connectivity index (χ2n) is 7.19. The number of nitrogens with zero attached hydrogens (tertiary/aromatic N) is 1. The minimum absolute atomic E-state index is 0.184. The standard InChI is InChI=1S/C25H22N2O4/c1-27(16-17-9-10-19-15-20(30-2)12-11-18(19)14-17)25(29)21-6-3-4-7-22(21)26-24(28)23-8-5-13-31-23/h3-15H,16H2,1-2H3,(H,26,28). The van der Waals surface area contributed by atoms with Crippen LogP contribution in [-0.4, -0.2) is 30.9 Å². The smallest absolute Gasteiger partial charge is 0.291 e. The number of carbonyl (C=O) groups excluding carboxylic acids is 2. The molecule has 0 aliphatic heterocycles. The number of benzene rings is 3. The predicted molar refractivity (Wildman–Crippen MR) is 119 cm³/mol. The fraction of sp³-hybridized carbons (Fsp3) is 0.120. The number of methoxy groups -OCH3 is 1. The fourth-order valence-corrected chi connectivity index (χ4v) is 3.42. The molecule has 0 bridgehead atoms. The van der Waals surface area contributed by atoms with Gasteiger partial charge in [-0.3, -0.25) is 9.59 Å². The van der Waals surface area contributed by atoms with Crippen LogP contribution in [0.15, 0.2) is 83.5 Å². The number of anilines is 1. The number of ether oxygens (including phenoxy) is 1. The van der Waals surface area contributed by atoms with Crippen molar-refractivity contribution in [2.45, 2.75) is 6.54 Å². The molecule has 0 radical (unpaired) electrons. The van der Waals surface area contributed by atoms with E-state index in [1.165, 1.54) is 6.26 Å². The number of hydrogen-bond acceptors (Lipinski definition) is 4. The second kappa shape index (κ2) is 8.75. The summed E-state index contributed by atoms with van der Waals surface area (Å²) in [7, 11) is 3.39. The Morgan fingerprint density at radius 3 is 2.52 bits per heavy atom. The first-order valence-electron chi connectivity index (χ1n) is 9.81. The molecule has 31 heavy (non-hydrogen) atoms. The molecule has 0 spiro atoms. The number of fused-ring (bicyclic) bond motifs is 1. The Morgan fingerprint density at radius 2 is 1.74 bits per heavy atom. The van der Waals surface area contributed by atoms with Gasteiger partial charge in [0.15, 0.2) is 5.76 Å². The van der Waals surface area contributed by atoms with Crippen molar-refractivity contribution in [2.24, 2.45) is 0 Å². The summed E-state index contributed by atoms with van der Waals surface area (Å²) in [6.45, 7) is 0.432. The molecule has 6 nitrogen and oxygen atoms in total. The molecule has 0 aliphatic carbocycles. The van der Waals surface area contributed by atoms with Crippen LogP contribution in [0, 0.1) is 0 Å². The maximum Gasteiger partial charge on any atom is 0.291 e. The summed E-state index contributed by atoms with van der Waals surface area (Å²) in [5.41, 5.74) is 1.85. The zero-order valence-corrected chi connectivity index (χ0v) is 17.3. The molecule has 0 atom stereocenters. The maximum atomic E-state index is 13.1. The van der Waals surface area contributed by atoms with E-state index >= 15 is 0 Å². The third-order valence-electron chi connectivity index (χ3n) is 5.03. The SMILES string of the molecule is COc1ccc2cc(CN(C)C(=O)c3ccccc3NC(=O)c3ccco3)ccc2c1. The third-order valence-corrected chi connectivity index (χ3v) is 5.03. The van der Waals surface area contributed by atoms with Gasteiger partial charge in [0.1, 0.15) is 5.75 Å². The molecule has 1 N–H and O–H groups in total. The van der Waals surface area contributed by atoms with Crippen molar-refractivity contribution in [2.75, 3.05) is 19.5 Å². The molecule has 2 amide bonds. The summed E-state index contributed by atoms with van der Waals surface area (Å²) in [6.07, 6.45) is 1.43. The molecule has 0 saturated carbocycles. The molecule has 0 saturated heterocycles. The van der Waals surface area contributed by atoms with Crippen molar-refractivity contribution in [3.8, 4) is 5.75 Å². The highest BCUT2D eigenvalue weighted by molar-refractivity contribution is 6.07. The number of carbonyl (C=O) groups is 2. The van der Waals surface area contributed by atoms with Gasteiger partial charge in [0.05, 0.1) is 24.6 Å². The van der Waals surface area contributed by atoms with E-state index in [1.54, 1.807) is 55.5 Å². The first-order valence-corrected chi connectivity index (χ1v) is 9.81. The summed E-state index contributed by atoms with van der Waals surface area (Å²) >= 11 is 0. The van der Waals surface area contributed by atoms with E-state index in [2.05, 4.69) is 11.4 Å². The van der Waals surface area contributed by atoms with Crippen molar-refractivity contribution < 1.29 is 18.7 Å². The van der Waals surface area contributed by atoms with Crippen molar-refractivity contribution in [1.29, 1.82) is 0 Å². The molecule has 0 fully saturated rings. The van der Waals surface area contributed by atoms with Crippen LogP contribution in [-0.2, 0) is 6.54 Å². The van der Waals surface area contributed by atoms with E-state index in [1.807, 2.05) is 30.3 Å². The van der Waals surface area contributed by atoms with Crippen LogP contribution < -0.4 is 10.1 Å². The highest BCUT2D eigenvalue weighted by Crippen LogP contribution is 2.23. The van der Waals surface area contributed by atoms with Gasteiger partial charge in [-0.05, 0) is 58.8 Å². The Labute approximate surface area is 180 Å². The van der Waals surface area contributed by atoms with E-state index in [4.69, 9.17) is 9.15 Å². The monoisotopic (exact) mass is 414 g/mol. The molecule has 6 heteroatoms. The Morgan fingerprint density at radius 1 is 0.968 bits per heavy atom. The Kier molecular flexibility index (Phi) is 5.71. The van der Waals surface area contributed by atoms with Gasteiger partial charge in [0, 0.05) is 13.6 Å². The van der Waals surface area contributed by atoms with Crippen LogP contribution in [0.3, 0.4) is 0 Å². The fourth-order valence-electron chi connectivity index (χ4n) is 3.42. The topological polar surface area (TPSA) is 71.8 Å². The highest BCUT2D eigenvalue weighted by Gasteiger charge is 2.18. The molecular formula is C25H22N2O4. The lowest BCUT2D eigenvalue weighted by Crippen LogP contribution is -2.27. The van der Waals surface area contributed by atoms with Gasteiger partial charge in [0.25, 0.3) is 11.8 Å². The van der Waals surface area contributed by atoms with Crippen LogP contribution >= 0.6 is 0 Å². The van der Waals surface area contributed by atoms with Gasteiger partial charge in [-0.25, -0.2) is 0 Å².